The maximum Gasteiger partial charge on any atom is 0.275 e. The van der Waals surface area contributed by atoms with Crippen molar-refractivity contribution < 1.29 is 4.74 Å². The summed E-state index contributed by atoms with van der Waals surface area (Å²) in [4.78, 5) is 25.6. The van der Waals surface area contributed by atoms with Crippen LogP contribution >= 0.6 is 11.3 Å². The topological polar surface area (TPSA) is 60.2 Å². The van der Waals surface area contributed by atoms with E-state index in [0.29, 0.717) is 28.3 Å². The molecule has 0 atom stereocenters. The third-order valence-electron chi connectivity index (χ3n) is 7.05. The molecule has 0 N–H and O–H groups in total. The fourth-order valence-corrected chi connectivity index (χ4v) is 5.64. The molecule has 1 aliphatic rings. The third-order valence-corrected chi connectivity index (χ3v) is 8.21. The molecule has 4 aromatic rings. The quantitative estimate of drug-likeness (QED) is 0.346. The maximum absolute atomic E-state index is 13.2. The van der Waals surface area contributed by atoms with E-state index in [1.807, 2.05) is 18.2 Å². The lowest BCUT2D eigenvalue weighted by Gasteiger charge is -2.49. The van der Waals surface area contributed by atoms with Gasteiger partial charge in [-0.05, 0) is 42.9 Å². The van der Waals surface area contributed by atoms with Gasteiger partial charge in [-0.1, -0.05) is 43.7 Å². The first-order chi connectivity index (χ1) is 16.5. The second-order valence-corrected chi connectivity index (χ2v) is 10.3. The first-order valence-corrected chi connectivity index (χ1v) is 12.7. The smallest absolute Gasteiger partial charge is 0.275 e. The van der Waals surface area contributed by atoms with Crippen molar-refractivity contribution in [3.05, 3.63) is 70.9 Å². The highest BCUT2D eigenvalue weighted by Crippen LogP contribution is 2.36. The molecule has 0 unspecified atom stereocenters. The number of hydrogen-bond donors (Lipinski definition) is 0. The largest absolute Gasteiger partial charge is 0.476 e. The van der Waals surface area contributed by atoms with E-state index in [4.69, 9.17) is 4.74 Å². The minimum absolute atomic E-state index is 0.0862. The summed E-state index contributed by atoms with van der Waals surface area (Å²) in [7, 11) is 0. The second kappa shape index (κ2) is 9.31. The Morgan fingerprint density at radius 1 is 1.06 bits per heavy atom. The van der Waals surface area contributed by atoms with Crippen molar-refractivity contribution in [3.63, 3.8) is 0 Å². The molecular formula is C27H30N4O2S. The molecule has 0 aliphatic carbocycles. The number of benzene rings is 1. The Balaban J connectivity index is 1.26. The predicted octanol–water partition coefficient (Wildman–Crippen LogP) is 5.32. The van der Waals surface area contributed by atoms with Crippen molar-refractivity contribution in [3.8, 4) is 22.0 Å². The lowest BCUT2D eigenvalue weighted by molar-refractivity contribution is -0.0131. The first-order valence-electron chi connectivity index (χ1n) is 11.9. The van der Waals surface area contributed by atoms with Crippen molar-refractivity contribution in [2.75, 3.05) is 26.2 Å². The molecule has 7 heteroatoms. The summed E-state index contributed by atoms with van der Waals surface area (Å²) in [6.45, 7) is 10.5. The zero-order valence-electron chi connectivity index (χ0n) is 20.0. The van der Waals surface area contributed by atoms with Gasteiger partial charge in [0, 0.05) is 30.6 Å². The number of pyridine rings is 1. The molecule has 0 radical (unpaired) electrons. The Morgan fingerprint density at radius 3 is 2.50 bits per heavy atom. The fraction of sp³-hybridized carbons (Fsp3) is 0.370. The lowest BCUT2D eigenvalue weighted by Crippen LogP contribution is -2.56. The molecule has 0 amide bonds. The number of aromatic nitrogens is 3. The summed E-state index contributed by atoms with van der Waals surface area (Å²) in [5, 5.41) is 0. The Kier molecular flexibility index (Phi) is 6.23. The Hall–Kier alpha value is -3.03. The number of aryl methyl sites for hydroxylation is 1. The van der Waals surface area contributed by atoms with Crippen molar-refractivity contribution in [2.24, 2.45) is 5.41 Å². The third kappa shape index (κ3) is 4.38. The molecule has 0 saturated carbocycles. The molecule has 0 bridgehead atoms. The number of hydrogen-bond acceptors (Lipinski definition) is 6. The predicted molar refractivity (Wildman–Crippen MR) is 138 cm³/mol. The molecule has 0 spiro atoms. The van der Waals surface area contributed by atoms with Gasteiger partial charge < -0.3 is 4.74 Å². The second-order valence-electron chi connectivity index (χ2n) is 9.23. The van der Waals surface area contributed by atoms with Crippen LogP contribution in [0.2, 0.25) is 0 Å². The van der Waals surface area contributed by atoms with Crippen LogP contribution in [0.25, 0.3) is 26.3 Å². The lowest BCUT2D eigenvalue weighted by atomic mass is 9.75. The Bertz CT molecular complexity index is 1330. The number of ether oxygens (including phenoxy) is 1. The number of rotatable bonds is 8. The van der Waals surface area contributed by atoms with Crippen molar-refractivity contribution >= 4 is 21.6 Å². The molecule has 1 fully saturated rings. The fourth-order valence-electron chi connectivity index (χ4n) is 4.59. The number of likely N-dealkylation sites (tertiary alicyclic amines) is 1. The molecule has 1 aliphatic heterocycles. The molecule has 6 nitrogen and oxygen atoms in total. The number of thiophene rings is 1. The van der Waals surface area contributed by atoms with Crippen LogP contribution in [0.15, 0.2) is 59.8 Å². The van der Waals surface area contributed by atoms with Crippen LogP contribution in [-0.4, -0.2) is 45.7 Å². The normalized spacial score (nSPS) is 15.4. The van der Waals surface area contributed by atoms with Crippen molar-refractivity contribution in [2.45, 2.75) is 33.6 Å². The highest BCUT2D eigenvalue weighted by molar-refractivity contribution is 7.22. The minimum atomic E-state index is -0.0862. The SMILES string of the molecule is CCC1(CC)CN(CCOc2ccc(-n3cnc4cc(-c5ccc(C)cc5)sc4c3=O)cn2)C1. The van der Waals surface area contributed by atoms with Gasteiger partial charge in [0.1, 0.15) is 17.6 Å². The summed E-state index contributed by atoms with van der Waals surface area (Å²) in [6, 6.07) is 14.0. The summed E-state index contributed by atoms with van der Waals surface area (Å²) < 4.78 is 8.03. The molecular weight excluding hydrogens is 444 g/mol. The average Bonchev–Trinajstić information content (AvgIpc) is 3.27. The van der Waals surface area contributed by atoms with Crippen LogP contribution in [0, 0.1) is 12.3 Å². The zero-order chi connectivity index (χ0) is 23.7. The van der Waals surface area contributed by atoms with Gasteiger partial charge in [0.15, 0.2) is 0 Å². The Morgan fingerprint density at radius 2 is 1.82 bits per heavy atom. The van der Waals surface area contributed by atoms with Crippen LogP contribution in [-0.2, 0) is 0 Å². The Labute approximate surface area is 203 Å². The van der Waals surface area contributed by atoms with Crippen LogP contribution in [0.5, 0.6) is 5.88 Å². The van der Waals surface area contributed by atoms with Gasteiger partial charge in [0.05, 0.1) is 17.4 Å². The van der Waals surface area contributed by atoms with Gasteiger partial charge in [-0.2, -0.15) is 0 Å². The number of fused-ring (bicyclic) bond motifs is 1. The molecule has 4 heterocycles. The van der Waals surface area contributed by atoms with Gasteiger partial charge in [-0.15, -0.1) is 11.3 Å². The van der Waals surface area contributed by atoms with E-state index < -0.39 is 0 Å². The van der Waals surface area contributed by atoms with Gasteiger partial charge >= 0.3 is 0 Å². The average molecular weight is 475 g/mol. The molecule has 1 aromatic carbocycles. The molecule has 1 saturated heterocycles. The van der Waals surface area contributed by atoms with Crippen LogP contribution in [0.3, 0.4) is 0 Å². The molecule has 5 rings (SSSR count). The van der Waals surface area contributed by atoms with Crippen LogP contribution in [0.4, 0.5) is 0 Å². The van der Waals surface area contributed by atoms with E-state index in [0.717, 1.165) is 35.6 Å². The van der Waals surface area contributed by atoms with Gasteiger partial charge in [-0.3, -0.25) is 14.3 Å². The highest BCUT2D eigenvalue weighted by atomic mass is 32.1. The van der Waals surface area contributed by atoms with E-state index in [1.165, 1.54) is 29.7 Å². The van der Waals surface area contributed by atoms with E-state index in [-0.39, 0.29) is 5.56 Å². The van der Waals surface area contributed by atoms with Gasteiger partial charge in [0.2, 0.25) is 5.88 Å². The van der Waals surface area contributed by atoms with E-state index in [1.54, 1.807) is 17.1 Å². The summed E-state index contributed by atoms with van der Waals surface area (Å²) in [5.41, 5.74) is 4.12. The van der Waals surface area contributed by atoms with E-state index in [9.17, 15) is 4.79 Å². The standard InChI is InChI=1S/C27H30N4O2S/c1-4-27(5-2)16-30(17-27)12-13-33-24-11-10-21(15-28-24)31-18-29-22-14-23(34-25(22)26(31)32)20-8-6-19(3)7-9-20/h6-11,14-15,18H,4-5,12-13,16-17H2,1-3H3. The molecule has 34 heavy (non-hydrogen) atoms. The van der Waals surface area contributed by atoms with Gasteiger partial charge in [-0.25, -0.2) is 9.97 Å². The van der Waals surface area contributed by atoms with Crippen LogP contribution in [0.1, 0.15) is 32.3 Å². The van der Waals surface area contributed by atoms with Crippen molar-refractivity contribution in [1.82, 2.24) is 19.4 Å². The highest BCUT2D eigenvalue weighted by Gasteiger charge is 2.39. The monoisotopic (exact) mass is 474 g/mol. The van der Waals surface area contributed by atoms with E-state index in [2.05, 4.69) is 59.9 Å². The molecule has 3 aromatic heterocycles. The summed E-state index contributed by atoms with van der Waals surface area (Å²) in [5.74, 6) is 0.571. The minimum Gasteiger partial charge on any atom is -0.476 e. The van der Waals surface area contributed by atoms with Gasteiger partial charge in [0.25, 0.3) is 5.56 Å². The summed E-state index contributed by atoms with van der Waals surface area (Å²) in [6.07, 6.45) is 5.72. The van der Waals surface area contributed by atoms with Crippen molar-refractivity contribution in [1.29, 1.82) is 0 Å². The zero-order valence-corrected chi connectivity index (χ0v) is 20.8. The van der Waals surface area contributed by atoms with E-state index >= 15 is 0 Å². The maximum atomic E-state index is 13.2. The first kappa shape index (κ1) is 22.7. The summed E-state index contributed by atoms with van der Waals surface area (Å²) >= 11 is 1.47. The van der Waals surface area contributed by atoms with Crippen LogP contribution < -0.4 is 10.3 Å². The number of nitrogens with zero attached hydrogens (tertiary/aromatic N) is 4. The molecule has 176 valence electrons.